The number of esters is 1. The third-order valence-electron chi connectivity index (χ3n) is 3.22. The zero-order valence-corrected chi connectivity index (χ0v) is 13.2. The van der Waals surface area contributed by atoms with Crippen molar-refractivity contribution in [2.45, 2.75) is 13.5 Å². The molecule has 0 atom stereocenters. The summed E-state index contributed by atoms with van der Waals surface area (Å²) < 4.78 is 18.3. The number of hydrogen-bond acceptors (Lipinski definition) is 3. The molecule has 0 aliphatic rings. The van der Waals surface area contributed by atoms with Crippen LogP contribution in [0.5, 0.6) is 0 Å². The van der Waals surface area contributed by atoms with Crippen LogP contribution in [0.1, 0.15) is 21.5 Å². The van der Waals surface area contributed by atoms with Crippen LogP contribution in [0.15, 0.2) is 42.5 Å². The molecule has 2 aromatic rings. The van der Waals surface area contributed by atoms with Gasteiger partial charge < -0.3 is 10.1 Å². The van der Waals surface area contributed by atoms with Gasteiger partial charge in [0.2, 0.25) is 0 Å². The van der Waals surface area contributed by atoms with E-state index in [4.69, 9.17) is 16.3 Å². The van der Waals surface area contributed by atoms with Gasteiger partial charge >= 0.3 is 5.97 Å². The molecule has 0 fully saturated rings. The van der Waals surface area contributed by atoms with Crippen LogP contribution >= 0.6 is 11.6 Å². The molecule has 0 saturated carbocycles. The van der Waals surface area contributed by atoms with Crippen molar-refractivity contribution in [3.63, 3.8) is 0 Å². The highest BCUT2D eigenvalue weighted by Gasteiger charge is 2.15. The molecule has 0 aliphatic heterocycles. The molecule has 0 spiro atoms. The Morgan fingerprint density at radius 2 is 1.96 bits per heavy atom. The molecular formula is C17H15ClFNO3. The SMILES string of the molecule is Cc1ccccc1CNC(=O)COC(=O)c1cc(Cl)ccc1F. The summed E-state index contributed by atoms with van der Waals surface area (Å²) in [5, 5.41) is 2.85. The highest BCUT2D eigenvalue weighted by atomic mass is 35.5. The minimum absolute atomic E-state index is 0.211. The fraction of sp³-hybridized carbons (Fsp3) is 0.176. The average molecular weight is 336 g/mol. The smallest absolute Gasteiger partial charge is 0.341 e. The average Bonchev–Trinajstić information content (AvgIpc) is 2.54. The summed E-state index contributed by atoms with van der Waals surface area (Å²) in [6, 6.07) is 11.1. The minimum Gasteiger partial charge on any atom is -0.452 e. The van der Waals surface area contributed by atoms with Crippen LogP contribution in [0.25, 0.3) is 0 Å². The number of amides is 1. The molecule has 4 nitrogen and oxygen atoms in total. The van der Waals surface area contributed by atoms with Gasteiger partial charge in [-0.2, -0.15) is 0 Å². The molecule has 0 aromatic heterocycles. The van der Waals surface area contributed by atoms with Crippen LogP contribution in [0, 0.1) is 12.7 Å². The Kier molecular flexibility index (Phi) is 5.71. The second-order valence-electron chi connectivity index (χ2n) is 4.90. The van der Waals surface area contributed by atoms with Crippen molar-refractivity contribution in [1.29, 1.82) is 0 Å². The van der Waals surface area contributed by atoms with Gasteiger partial charge in [-0.05, 0) is 36.2 Å². The lowest BCUT2D eigenvalue weighted by Crippen LogP contribution is -2.28. The fourth-order valence-electron chi connectivity index (χ4n) is 1.92. The molecule has 1 N–H and O–H groups in total. The molecule has 6 heteroatoms. The predicted octanol–water partition coefficient (Wildman–Crippen LogP) is 3.26. The van der Waals surface area contributed by atoms with Crippen LogP contribution in [0.2, 0.25) is 5.02 Å². The van der Waals surface area contributed by atoms with Crippen molar-refractivity contribution in [2.75, 3.05) is 6.61 Å². The first-order valence-electron chi connectivity index (χ1n) is 6.91. The van der Waals surface area contributed by atoms with E-state index in [0.29, 0.717) is 6.54 Å². The number of hydrogen-bond donors (Lipinski definition) is 1. The second-order valence-corrected chi connectivity index (χ2v) is 5.34. The molecule has 0 unspecified atom stereocenters. The van der Waals surface area contributed by atoms with E-state index in [-0.39, 0.29) is 10.6 Å². The van der Waals surface area contributed by atoms with Gasteiger partial charge in [0.15, 0.2) is 6.61 Å². The molecule has 23 heavy (non-hydrogen) atoms. The van der Waals surface area contributed by atoms with Crippen molar-refractivity contribution in [2.24, 2.45) is 0 Å². The maximum atomic E-state index is 13.5. The Morgan fingerprint density at radius 1 is 1.22 bits per heavy atom. The van der Waals surface area contributed by atoms with Gasteiger partial charge in [-0.15, -0.1) is 0 Å². The molecule has 2 rings (SSSR count). The van der Waals surface area contributed by atoms with Gasteiger partial charge in [-0.3, -0.25) is 4.79 Å². The summed E-state index contributed by atoms with van der Waals surface area (Å²) >= 11 is 5.70. The van der Waals surface area contributed by atoms with Gasteiger partial charge in [0.25, 0.3) is 5.91 Å². The summed E-state index contributed by atoms with van der Waals surface area (Å²) in [5.41, 5.74) is 1.71. The first-order valence-corrected chi connectivity index (χ1v) is 7.28. The zero-order chi connectivity index (χ0) is 16.8. The third-order valence-corrected chi connectivity index (χ3v) is 3.46. The van der Waals surface area contributed by atoms with Crippen LogP contribution in [0.3, 0.4) is 0 Å². The van der Waals surface area contributed by atoms with Crippen molar-refractivity contribution in [3.05, 3.63) is 70.0 Å². The molecule has 0 heterocycles. The van der Waals surface area contributed by atoms with Crippen LogP contribution in [-0.2, 0) is 16.1 Å². The Hall–Kier alpha value is -2.40. The van der Waals surface area contributed by atoms with Gasteiger partial charge in [-0.1, -0.05) is 35.9 Å². The lowest BCUT2D eigenvalue weighted by molar-refractivity contribution is -0.124. The van der Waals surface area contributed by atoms with E-state index in [2.05, 4.69) is 5.32 Å². The molecule has 1 amide bonds. The molecule has 2 aromatic carbocycles. The first-order chi connectivity index (χ1) is 11.0. The lowest BCUT2D eigenvalue weighted by Gasteiger charge is -2.09. The molecule has 0 radical (unpaired) electrons. The Morgan fingerprint density at radius 3 is 2.70 bits per heavy atom. The summed E-state index contributed by atoms with van der Waals surface area (Å²) in [6.07, 6.45) is 0. The third kappa shape index (κ3) is 4.79. The van der Waals surface area contributed by atoms with Crippen molar-refractivity contribution in [3.8, 4) is 0 Å². The number of ether oxygens (including phenoxy) is 1. The number of carbonyl (C=O) groups is 2. The normalized spacial score (nSPS) is 10.2. The van der Waals surface area contributed by atoms with E-state index in [1.165, 1.54) is 6.07 Å². The number of benzene rings is 2. The molecule has 0 bridgehead atoms. The topological polar surface area (TPSA) is 55.4 Å². The quantitative estimate of drug-likeness (QED) is 0.853. The number of halogens is 2. The van der Waals surface area contributed by atoms with Crippen LogP contribution in [-0.4, -0.2) is 18.5 Å². The number of aryl methyl sites for hydroxylation is 1. The standard InChI is InChI=1S/C17H15ClFNO3/c1-11-4-2-3-5-12(11)9-20-16(21)10-23-17(22)14-8-13(18)6-7-15(14)19/h2-8H,9-10H2,1H3,(H,20,21). The summed E-state index contributed by atoms with van der Waals surface area (Å²) in [7, 11) is 0. The van der Waals surface area contributed by atoms with E-state index in [9.17, 15) is 14.0 Å². The Balaban J connectivity index is 1.86. The summed E-state index contributed by atoms with van der Waals surface area (Å²) in [5.74, 6) is -2.15. The van der Waals surface area contributed by atoms with E-state index in [1.54, 1.807) is 0 Å². The second kappa shape index (κ2) is 7.74. The number of rotatable bonds is 5. The zero-order valence-electron chi connectivity index (χ0n) is 12.4. The van der Waals surface area contributed by atoms with Crippen molar-refractivity contribution in [1.82, 2.24) is 5.32 Å². The molecule has 0 saturated heterocycles. The van der Waals surface area contributed by atoms with Crippen molar-refractivity contribution < 1.29 is 18.7 Å². The number of nitrogens with one attached hydrogen (secondary N) is 1. The van der Waals surface area contributed by atoms with Gasteiger partial charge in [0.1, 0.15) is 5.82 Å². The fourth-order valence-corrected chi connectivity index (χ4v) is 2.09. The maximum absolute atomic E-state index is 13.5. The van der Waals surface area contributed by atoms with Gasteiger partial charge in [-0.25, -0.2) is 9.18 Å². The van der Waals surface area contributed by atoms with E-state index in [1.807, 2.05) is 31.2 Å². The van der Waals surface area contributed by atoms with Crippen molar-refractivity contribution >= 4 is 23.5 Å². The van der Waals surface area contributed by atoms with Gasteiger partial charge in [0.05, 0.1) is 5.56 Å². The largest absolute Gasteiger partial charge is 0.452 e. The maximum Gasteiger partial charge on any atom is 0.341 e. The predicted molar refractivity (Wildman–Crippen MR) is 84.7 cm³/mol. The Bertz CT molecular complexity index is 734. The lowest BCUT2D eigenvalue weighted by atomic mass is 10.1. The summed E-state index contributed by atoms with van der Waals surface area (Å²) in [4.78, 5) is 23.5. The number of carbonyl (C=O) groups excluding carboxylic acids is 2. The highest BCUT2D eigenvalue weighted by molar-refractivity contribution is 6.30. The van der Waals surface area contributed by atoms with E-state index >= 15 is 0 Å². The van der Waals surface area contributed by atoms with Crippen LogP contribution in [0.4, 0.5) is 4.39 Å². The van der Waals surface area contributed by atoms with Crippen LogP contribution < -0.4 is 5.32 Å². The highest BCUT2D eigenvalue weighted by Crippen LogP contribution is 2.15. The molecule has 120 valence electrons. The molecular weight excluding hydrogens is 321 g/mol. The Labute approximate surface area is 138 Å². The van der Waals surface area contributed by atoms with E-state index < -0.39 is 24.3 Å². The molecule has 0 aliphatic carbocycles. The van der Waals surface area contributed by atoms with Gasteiger partial charge in [0, 0.05) is 11.6 Å². The monoisotopic (exact) mass is 335 g/mol. The van der Waals surface area contributed by atoms with E-state index in [0.717, 1.165) is 23.3 Å². The summed E-state index contributed by atoms with van der Waals surface area (Å²) in [6.45, 7) is 1.77. The first kappa shape index (κ1) is 17.0. The minimum atomic E-state index is -0.934.